The van der Waals surface area contributed by atoms with Crippen LogP contribution < -0.4 is 10.6 Å². The number of thiol groups is 1. The summed E-state index contributed by atoms with van der Waals surface area (Å²) >= 11 is 4.40. The summed E-state index contributed by atoms with van der Waals surface area (Å²) in [5.41, 5.74) is 2.17. The highest BCUT2D eigenvalue weighted by Gasteiger charge is 2.37. The third-order valence-corrected chi connectivity index (χ3v) is 7.55. The van der Waals surface area contributed by atoms with Gasteiger partial charge in [0.15, 0.2) is 0 Å². The van der Waals surface area contributed by atoms with Crippen LogP contribution in [0.5, 0.6) is 0 Å². The van der Waals surface area contributed by atoms with Gasteiger partial charge in [0.25, 0.3) is 0 Å². The minimum absolute atomic E-state index is 0.0915. The lowest BCUT2D eigenvalue weighted by Gasteiger charge is -2.36. The highest BCUT2D eigenvalue weighted by molar-refractivity contribution is 7.80. The maximum atomic E-state index is 14.1. The Kier molecular flexibility index (Phi) is 13.7. The second-order valence-corrected chi connectivity index (χ2v) is 12.3. The number of carbonyl (C=O) groups excluding carboxylic acids is 3. The summed E-state index contributed by atoms with van der Waals surface area (Å²) in [4.78, 5) is 42.4. The number of ether oxygens (including phenoxy) is 1. The number of carbonyl (C=O) groups is 3. The number of hydrogen-bond donors (Lipinski definition) is 3. The number of nitrogens with zero attached hydrogens (tertiary/aromatic N) is 1. The summed E-state index contributed by atoms with van der Waals surface area (Å²) in [5.74, 6) is -0.394. The van der Waals surface area contributed by atoms with Crippen molar-refractivity contribution in [2.24, 2.45) is 0 Å². The van der Waals surface area contributed by atoms with Crippen molar-refractivity contribution in [2.75, 3.05) is 12.3 Å². The van der Waals surface area contributed by atoms with Crippen molar-refractivity contribution in [1.29, 1.82) is 0 Å². The van der Waals surface area contributed by atoms with E-state index in [2.05, 4.69) is 36.3 Å². The summed E-state index contributed by atoms with van der Waals surface area (Å²) in [6.45, 7) is 11.9. The Morgan fingerprint density at radius 3 is 2.31 bits per heavy atom. The van der Waals surface area contributed by atoms with E-state index >= 15 is 0 Å². The van der Waals surface area contributed by atoms with Gasteiger partial charge in [0.1, 0.15) is 17.7 Å². The van der Waals surface area contributed by atoms with Gasteiger partial charge in [-0.25, -0.2) is 4.79 Å². The van der Waals surface area contributed by atoms with Crippen LogP contribution >= 0.6 is 12.6 Å². The number of nitrogens with one attached hydrogen (secondary N) is 2. The van der Waals surface area contributed by atoms with Gasteiger partial charge in [-0.05, 0) is 65.0 Å². The fraction of sp³-hybridized carbons (Fsp3) is 0.710. The van der Waals surface area contributed by atoms with Crippen LogP contribution in [0.25, 0.3) is 0 Å². The number of benzene rings is 1. The van der Waals surface area contributed by atoms with Gasteiger partial charge in [-0.3, -0.25) is 9.59 Å². The molecule has 2 rings (SSSR count). The van der Waals surface area contributed by atoms with E-state index < -0.39 is 23.8 Å². The molecule has 2 atom stereocenters. The average Bonchev–Trinajstić information content (AvgIpc) is 2.86. The summed E-state index contributed by atoms with van der Waals surface area (Å²) in [6.07, 6.45) is 9.69. The Bertz CT molecular complexity index is 940. The Hall–Kier alpha value is -2.22. The highest BCUT2D eigenvalue weighted by Crippen LogP contribution is 2.28. The van der Waals surface area contributed by atoms with Crippen molar-refractivity contribution >= 4 is 30.5 Å². The number of hydrogen-bond acceptors (Lipinski definition) is 5. The van der Waals surface area contributed by atoms with E-state index in [9.17, 15) is 14.4 Å². The van der Waals surface area contributed by atoms with Gasteiger partial charge in [-0.1, -0.05) is 75.6 Å². The first-order chi connectivity index (χ1) is 18.5. The van der Waals surface area contributed by atoms with Crippen LogP contribution in [0.2, 0.25) is 0 Å². The summed E-state index contributed by atoms with van der Waals surface area (Å²) in [6, 6.07) is 4.40. The Labute approximate surface area is 241 Å². The molecule has 1 aliphatic rings. The molecule has 1 aromatic rings. The fourth-order valence-electron chi connectivity index (χ4n) is 5.20. The summed E-state index contributed by atoms with van der Waals surface area (Å²) < 4.78 is 5.42. The molecule has 1 aliphatic carbocycles. The van der Waals surface area contributed by atoms with Crippen molar-refractivity contribution in [1.82, 2.24) is 15.5 Å². The van der Waals surface area contributed by atoms with Gasteiger partial charge in [0.2, 0.25) is 11.8 Å². The third kappa shape index (κ3) is 11.1. The van der Waals surface area contributed by atoms with Crippen LogP contribution in [-0.2, 0) is 14.3 Å². The molecule has 0 saturated heterocycles. The molecule has 0 radical (unpaired) electrons. The summed E-state index contributed by atoms with van der Waals surface area (Å²) in [5, 5.41) is 5.97. The second kappa shape index (κ2) is 16.1. The highest BCUT2D eigenvalue weighted by atomic mass is 32.1. The van der Waals surface area contributed by atoms with Crippen LogP contribution in [-0.4, -0.2) is 52.8 Å². The van der Waals surface area contributed by atoms with E-state index in [1.54, 1.807) is 25.7 Å². The fourth-order valence-corrected chi connectivity index (χ4v) is 5.45. The number of alkyl carbamates (subject to hydrolysis) is 1. The standard InChI is InChI=1S/C31H51N3O4S/c1-7-8-9-10-14-19-34(29(36)26(21-39)33-30(37)38-31(4,5)6)27(25-18-17-22(2)20-23(25)3)28(35)32-24-15-12-11-13-16-24/h17-18,20,24,26-27,39H,7-16,19,21H2,1-6H3,(H,32,35)(H,33,37). The molecule has 8 heteroatoms. The van der Waals surface area contributed by atoms with Gasteiger partial charge in [-0.15, -0.1) is 0 Å². The van der Waals surface area contributed by atoms with Crippen molar-refractivity contribution in [3.05, 3.63) is 34.9 Å². The maximum Gasteiger partial charge on any atom is 0.408 e. The average molecular weight is 562 g/mol. The molecule has 1 aromatic carbocycles. The molecule has 2 unspecified atom stereocenters. The minimum atomic E-state index is -0.922. The van der Waals surface area contributed by atoms with Crippen LogP contribution in [0.3, 0.4) is 0 Å². The molecule has 0 aromatic heterocycles. The molecule has 0 spiro atoms. The first-order valence-electron chi connectivity index (χ1n) is 14.7. The predicted octanol–water partition coefficient (Wildman–Crippen LogP) is 6.42. The van der Waals surface area contributed by atoms with Crippen molar-refractivity contribution in [3.8, 4) is 0 Å². The normalized spacial score (nSPS) is 15.8. The molecule has 39 heavy (non-hydrogen) atoms. The molecule has 1 fully saturated rings. The zero-order valence-electron chi connectivity index (χ0n) is 25.0. The van der Waals surface area contributed by atoms with Gasteiger partial charge < -0.3 is 20.3 Å². The number of aryl methyl sites for hydroxylation is 2. The molecule has 0 heterocycles. The molecule has 220 valence electrons. The topological polar surface area (TPSA) is 87.7 Å². The lowest BCUT2D eigenvalue weighted by atomic mass is 9.93. The zero-order valence-corrected chi connectivity index (χ0v) is 25.9. The van der Waals surface area contributed by atoms with E-state index in [1.807, 2.05) is 26.0 Å². The van der Waals surface area contributed by atoms with Gasteiger partial charge in [0.05, 0.1) is 0 Å². The second-order valence-electron chi connectivity index (χ2n) is 11.9. The van der Waals surface area contributed by atoms with Crippen molar-refractivity contribution in [3.63, 3.8) is 0 Å². The predicted molar refractivity (Wildman–Crippen MR) is 161 cm³/mol. The SMILES string of the molecule is CCCCCCCN(C(=O)C(CS)NC(=O)OC(C)(C)C)C(C(=O)NC1CCCCC1)c1ccc(C)cc1C. The quantitative estimate of drug-likeness (QED) is 0.192. The van der Waals surface area contributed by atoms with Crippen LogP contribution in [0.15, 0.2) is 18.2 Å². The Morgan fingerprint density at radius 2 is 1.72 bits per heavy atom. The Balaban J connectivity index is 2.43. The van der Waals surface area contributed by atoms with Crippen LogP contribution in [0.1, 0.15) is 115 Å². The molecule has 0 aliphatic heterocycles. The number of rotatable bonds is 13. The zero-order chi connectivity index (χ0) is 29.0. The van der Waals surface area contributed by atoms with E-state index in [0.717, 1.165) is 74.5 Å². The summed E-state index contributed by atoms with van der Waals surface area (Å²) in [7, 11) is 0. The van der Waals surface area contributed by atoms with Gasteiger partial charge in [-0.2, -0.15) is 12.6 Å². The van der Waals surface area contributed by atoms with Gasteiger partial charge in [0, 0.05) is 18.3 Å². The number of amides is 3. The van der Waals surface area contributed by atoms with E-state index in [0.29, 0.717) is 6.54 Å². The Morgan fingerprint density at radius 1 is 1.05 bits per heavy atom. The lowest BCUT2D eigenvalue weighted by Crippen LogP contribution is -2.54. The molecule has 1 saturated carbocycles. The van der Waals surface area contributed by atoms with Crippen LogP contribution in [0, 0.1) is 13.8 Å². The monoisotopic (exact) mass is 561 g/mol. The van der Waals surface area contributed by atoms with Crippen molar-refractivity contribution in [2.45, 2.75) is 129 Å². The maximum absolute atomic E-state index is 14.1. The third-order valence-electron chi connectivity index (χ3n) is 7.19. The molecule has 2 N–H and O–H groups in total. The smallest absolute Gasteiger partial charge is 0.408 e. The largest absolute Gasteiger partial charge is 0.444 e. The lowest BCUT2D eigenvalue weighted by molar-refractivity contribution is -0.142. The van der Waals surface area contributed by atoms with E-state index in [1.165, 1.54) is 6.42 Å². The molecule has 3 amide bonds. The minimum Gasteiger partial charge on any atom is -0.444 e. The van der Waals surface area contributed by atoms with Crippen LogP contribution in [0.4, 0.5) is 4.79 Å². The molecule has 7 nitrogen and oxygen atoms in total. The molecule has 0 bridgehead atoms. The van der Waals surface area contributed by atoms with E-state index in [-0.39, 0.29) is 23.6 Å². The van der Waals surface area contributed by atoms with E-state index in [4.69, 9.17) is 4.74 Å². The van der Waals surface area contributed by atoms with Gasteiger partial charge >= 0.3 is 6.09 Å². The molecular weight excluding hydrogens is 510 g/mol. The number of unbranched alkanes of at least 4 members (excludes halogenated alkanes) is 4. The first-order valence-corrected chi connectivity index (χ1v) is 15.4. The first kappa shape index (κ1) is 33.0. The van der Waals surface area contributed by atoms with Crippen molar-refractivity contribution < 1.29 is 19.1 Å². The molecular formula is C31H51N3O4S.